The standard InChI is InChI=1S/C22H23N3O4S/c26-9-15-11-1-3-12(4-2-11)17(15)20(27)24-22-18(14-7-8-28-10-16(14)30-22)21-23-19(25-29-21)13-5-6-13/h9,11-13H,1-8,10H2,(H,24,27). The molecule has 2 fully saturated rings. The van der Waals surface area contributed by atoms with Crippen molar-refractivity contribution in [3.05, 3.63) is 27.4 Å². The fourth-order valence-electron chi connectivity index (χ4n) is 5.19. The van der Waals surface area contributed by atoms with E-state index in [1.807, 2.05) is 0 Å². The van der Waals surface area contributed by atoms with Crippen LogP contribution in [0.25, 0.3) is 11.5 Å². The van der Waals surface area contributed by atoms with Crippen LogP contribution >= 0.6 is 11.3 Å². The monoisotopic (exact) mass is 425 g/mol. The third-order valence-electron chi connectivity index (χ3n) is 6.90. The highest BCUT2D eigenvalue weighted by molar-refractivity contribution is 7.17. The highest BCUT2D eigenvalue weighted by Gasteiger charge is 2.39. The van der Waals surface area contributed by atoms with Gasteiger partial charge in [0.1, 0.15) is 11.3 Å². The van der Waals surface area contributed by atoms with E-state index in [0.717, 1.165) is 78.1 Å². The summed E-state index contributed by atoms with van der Waals surface area (Å²) in [6.45, 7) is 1.16. The number of amides is 1. The van der Waals surface area contributed by atoms with E-state index in [9.17, 15) is 9.59 Å². The number of rotatable bonds is 5. The molecule has 30 heavy (non-hydrogen) atoms. The Bertz CT molecular complexity index is 1060. The summed E-state index contributed by atoms with van der Waals surface area (Å²) in [6.07, 6.45) is 7.85. The largest absolute Gasteiger partial charge is 0.376 e. The molecule has 0 radical (unpaired) electrons. The number of carbonyl (C=O) groups is 2. The van der Waals surface area contributed by atoms with Gasteiger partial charge < -0.3 is 14.6 Å². The molecule has 2 aromatic heterocycles. The Kier molecular flexibility index (Phi) is 4.38. The molecule has 156 valence electrons. The molecule has 7 nitrogen and oxygen atoms in total. The Morgan fingerprint density at radius 2 is 1.87 bits per heavy atom. The van der Waals surface area contributed by atoms with Gasteiger partial charge in [-0.2, -0.15) is 4.98 Å². The van der Waals surface area contributed by atoms with Crippen molar-refractivity contribution in [1.82, 2.24) is 10.1 Å². The topological polar surface area (TPSA) is 94.3 Å². The molecule has 2 bridgehead atoms. The molecule has 2 aromatic rings. The Morgan fingerprint density at radius 3 is 2.63 bits per heavy atom. The van der Waals surface area contributed by atoms with E-state index in [0.29, 0.717) is 36.2 Å². The SMILES string of the molecule is O=CC1=C(C(=O)Nc2sc3c(c2-c2nc(C4CC4)no2)CCOC3)C2CCC1CC2. The smallest absolute Gasteiger partial charge is 0.261 e. The van der Waals surface area contributed by atoms with Gasteiger partial charge in [-0.3, -0.25) is 9.59 Å². The highest BCUT2D eigenvalue weighted by atomic mass is 32.1. The van der Waals surface area contributed by atoms with Crippen LogP contribution in [0.2, 0.25) is 0 Å². The van der Waals surface area contributed by atoms with Crippen LogP contribution in [0.4, 0.5) is 5.00 Å². The van der Waals surface area contributed by atoms with Gasteiger partial charge in [0.05, 0.1) is 18.8 Å². The molecule has 0 atom stereocenters. The van der Waals surface area contributed by atoms with Crippen molar-refractivity contribution in [1.29, 1.82) is 0 Å². The van der Waals surface area contributed by atoms with Crippen LogP contribution in [0.3, 0.4) is 0 Å². The van der Waals surface area contributed by atoms with Gasteiger partial charge in [0.25, 0.3) is 11.8 Å². The number of nitrogens with zero attached hydrogens (tertiary/aromatic N) is 2. The number of ether oxygens (including phenoxy) is 1. The van der Waals surface area contributed by atoms with Gasteiger partial charge in [0.15, 0.2) is 5.82 Å². The zero-order valence-electron chi connectivity index (χ0n) is 16.6. The second kappa shape index (κ2) is 7.13. The van der Waals surface area contributed by atoms with Gasteiger partial charge in [-0.25, -0.2) is 0 Å². The van der Waals surface area contributed by atoms with Crippen LogP contribution < -0.4 is 5.32 Å². The van der Waals surface area contributed by atoms with Crippen LogP contribution in [0.5, 0.6) is 0 Å². The number of fused-ring (bicyclic) bond motifs is 3. The first-order valence-electron chi connectivity index (χ1n) is 10.8. The summed E-state index contributed by atoms with van der Waals surface area (Å²) in [7, 11) is 0. The van der Waals surface area contributed by atoms with Crippen LogP contribution in [0, 0.1) is 11.8 Å². The van der Waals surface area contributed by atoms with E-state index in [1.165, 1.54) is 11.3 Å². The summed E-state index contributed by atoms with van der Waals surface area (Å²) in [6, 6.07) is 0. The van der Waals surface area contributed by atoms with E-state index in [2.05, 4.69) is 15.5 Å². The zero-order valence-corrected chi connectivity index (χ0v) is 17.4. The van der Waals surface area contributed by atoms with Gasteiger partial charge in [-0.1, -0.05) is 5.16 Å². The molecule has 4 aliphatic carbocycles. The van der Waals surface area contributed by atoms with Crippen LogP contribution in [-0.2, 0) is 27.4 Å². The number of aldehydes is 1. The maximum Gasteiger partial charge on any atom is 0.261 e. The van der Waals surface area contributed by atoms with Crippen molar-refractivity contribution in [3.8, 4) is 11.5 Å². The lowest BCUT2D eigenvalue weighted by Gasteiger charge is -2.37. The minimum atomic E-state index is -0.158. The van der Waals surface area contributed by atoms with E-state index in [-0.39, 0.29) is 17.7 Å². The summed E-state index contributed by atoms with van der Waals surface area (Å²) in [5.41, 5.74) is 3.35. The summed E-state index contributed by atoms with van der Waals surface area (Å²) >= 11 is 1.52. The van der Waals surface area contributed by atoms with Crippen molar-refractivity contribution < 1.29 is 18.8 Å². The predicted octanol–water partition coefficient (Wildman–Crippen LogP) is 4.00. The molecule has 1 N–H and O–H groups in total. The molecule has 0 saturated heterocycles. The number of hydrogen-bond donors (Lipinski definition) is 1. The lowest BCUT2D eigenvalue weighted by Crippen LogP contribution is -2.33. The summed E-state index contributed by atoms with van der Waals surface area (Å²) in [5.74, 6) is 1.88. The van der Waals surface area contributed by atoms with E-state index < -0.39 is 0 Å². The highest BCUT2D eigenvalue weighted by Crippen LogP contribution is 2.47. The molecular weight excluding hydrogens is 402 g/mol. The van der Waals surface area contributed by atoms with Crippen molar-refractivity contribution in [2.24, 2.45) is 11.8 Å². The molecule has 0 spiro atoms. The molecule has 8 heteroatoms. The average molecular weight is 426 g/mol. The molecule has 0 aromatic carbocycles. The second-order valence-corrected chi connectivity index (χ2v) is 9.84. The normalized spacial score (nSPS) is 25.3. The average Bonchev–Trinajstić information content (AvgIpc) is 3.41. The number of thiophene rings is 1. The zero-order chi connectivity index (χ0) is 20.2. The quantitative estimate of drug-likeness (QED) is 0.728. The van der Waals surface area contributed by atoms with E-state index >= 15 is 0 Å². The third-order valence-corrected chi connectivity index (χ3v) is 8.02. The van der Waals surface area contributed by atoms with Gasteiger partial charge >= 0.3 is 0 Å². The predicted molar refractivity (Wildman–Crippen MR) is 110 cm³/mol. The molecule has 2 saturated carbocycles. The first kappa shape index (κ1) is 18.4. The number of aromatic nitrogens is 2. The van der Waals surface area contributed by atoms with Gasteiger partial charge in [-0.05, 0) is 62.3 Å². The molecule has 0 unspecified atom stereocenters. The Morgan fingerprint density at radius 1 is 1.10 bits per heavy atom. The molecule has 7 rings (SSSR count). The summed E-state index contributed by atoms with van der Waals surface area (Å²) < 4.78 is 11.2. The van der Waals surface area contributed by atoms with E-state index in [4.69, 9.17) is 9.26 Å². The van der Waals surface area contributed by atoms with Crippen molar-refractivity contribution in [2.45, 2.75) is 57.5 Å². The number of hydrogen-bond acceptors (Lipinski definition) is 7. The van der Waals surface area contributed by atoms with Crippen LogP contribution in [0.1, 0.15) is 60.7 Å². The van der Waals surface area contributed by atoms with Gasteiger partial charge in [0.2, 0.25) is 0 Å². The van der Waals surface area contributed by atoms with Crippen molar-refractivity contribution in [2.75, 3.05) is 11.9 Å². The number of nitrogens with one attached hydrogen (secondary N) is 1. The lowest BCUT2D eigenvalue weighted by atomic mass is 9.67. The number of carbonyl (C=O) groups excluding carboxylic acids is 2. The van der Waals surface area contributed by atoms with E-state index in [1.54, 1.807) is 0 Å². The number of allylic oxidation sites excluding steroid dienone is 1. The number of anilines is 1. The first-order chi connectivity index (χ1) is 14.7. The molecule has 1 amide bonds. The maximum absolute atomic E-state index is 13.3. The van der Waals surface area contributed by atoms with Gasteiger partial charge in [0, 0.05) is 21.9 Å². The molecular formula is C22H23N3O4S. The first-order valence-corrected chi connectivity index (χ1v) is 11.6. The Balaban J connectivity index is 1.38. The minimum absolute atomic E-state index is 0.158. The van der Waals surface area contributed by atoms with Crippen molar-refractivity contribution in [3.63, 3.8) is 0 Å². The second-order valence-electron chi connectivity index (χ2n) is 8.73. The molecule has 3 heterocycles. The lowest BCUT2D eigenvalue weighted by molar-refractivity contribution is -0.114. The fourth-order valence-corrected chi connectivity index (χ4v) is 6.36. The summed E-state index contributed by atoms with van der Waals surface area (Å²) in [4.78, 5) is 30.8. The minimum Gasteiger partial charge on any atom is -0.376 e. The van der Waals surface area contributed by atoms with Crippen LogP contribution in [0.15, 0.2) is 15.7 Å². The Labute approximate surface area is 177 Å². The summed E-state index contributed by atoms with van der Waals surface area (Å²) in [5, 5.41) is 8.01. The molecule has 5 aliphatic rings. The third kappa shape index (κ3) is 2.96. The fraction of sp³-hybridized carbons (Fsp3) is 0.545. The van der Waals surface area contributed by atoms with Crippen LogP contribution in [-0.4, -0.2) is 28.9 Å². The Hall–Kier alpha value is -2.32. The van der Waals surface area contributed by atoms with Gasteiger partial charge in [-0.15, -0.1) is 11.3 Å². The maximum atomic E-state index is 13.3. The van der Waals surface area contributed by atoms with Crippen molar-refractivity contribution >= 4 is 28.5 Å². The molecule has 1 aliphatic heterocycles.